The molecule has 2 heterocycles. The third-order valence-corrected chi connectivity index (χ3v) is 5.13. The van der Waals surface area contributed by atoms with Gasteiger partial charge in [0.15, 0.2) is 6.10 Å². The van der Waals surface area contributed by atoms with Crippen molar-refractivity contribution in [2.75, 3.05) is 45.2 Å². The minimum atomic E-state index is -0.596. The summed E-state index contributed by atoms with van der Waals surface area (Å²) >= 11 is 1.23. The number of hydrogen-bond donors (Lipinski definition) is 1. The summed E-state index contributed by atoms with van der Waals surface area (Å²) in [7, 11) is 3.49. The predicted molar refractivity (Wildman–Crippen MR) is 121 cm³/mol. The fourth-order valence-electron chi connectivity index (χ4n) is 3.30. The molecule has 9 nitrogen and oxygen atoms in total. The number of hydrogen-bond acceptors (Lipinski definition) is 9. The molecule has 0 radical (unpaired) electrons. The van der Waals surface area contributed by atoms with Gasteiger partial charge in [-0.2, -0.15) is 18.8 Å². The molecule has 11 heteroatoms. The summed E-state index contributed by atoms with van der Waals surface area (Å²) in [5.74, 6) is -0.151. The highest BCUT2D eigenvalue weighted by molar-refractivity contribution is 7.92. The van der Waals surface area contributed by atoms with Gasteiger partial charge in [0.05, 0.1) is 43.2 Å². The van der Waals surface area contributed by atoms with E-state index in [1.54, 1.807) is 25.6 Å². The second-order valence-corrected chi connectivity index (χ2v) is 7.83. The van der Waals surface area contributed by atoms with Gasteiger partial charge in [0.25, 0.3) is 5.91 Å². The van der Waals surface area contributed by atoms with Crippen molar-refractivity contribution >= 4 is 48.4 Å². The summed E-state index contributed by atoms with van der Waals surface area (Å²) in [4.78, 5) is 23.5. The molecule has 162 valence electrons. The summed E-state index contributed by atoms with van der Waals surface area (Å²) in [6.07, 6.45) is 2.45. The number of amides is 1. The molecule has 1 N–H and O–H groups in total. The van der Waals surface area contributed by atoms with Crippen molar-refractivity contribution in [2.24, 2.45) is 0 Å². The van der Waals surface area contributed by atoms with Crippen molar-refractivity contribution in [3.8, 4) is 6.07 Å². The number of nitriles is 1. The molecule has 1 fully saturated rings. The Bertz CT molecular complexity index is 909. The third kappa shape index (κ3) is 5.74. The van der Waals surface area contributed by atoms with Crippen LogP contribution >= 0.6 is 25.7 Å². The molecular weight excluding hydrogens is 424 g/mol. The summed E-state index contributed by atoms with van der Waals surface area (Å²) in [6, 6.07) is 5.75. The smallest absolute Gasteiger partial charge is 0.251 e. The van der Waals surface area contributed by atoms with Gasteiger partial charge in [0.2, 0.25) is 0 Å². The van der Waals surface area contributed by atoms with Gasteiger partial charge in [-0.1, -0.05) is 0 Å². The van der Waals surface area contributed by atoms with Gasteiger partial charge in [-0.05, 0) is 26.1 Å². The molecule has 1 aliphatic rings. The predicted octanol–water partition coefficient (Wildman–Crippen LogP) is 1.47. The molecule has 0 unspecified atom stereocenters. The minimum Gasteiger partial charge on any atom is -0.364 e. The molecular formula is C19H26N6O3S2. The molecule has 3 rings (SSSR count). The zero-order valence-electron chi connectivity index (χ0n) is 17.2. The van der Waals surface area contributed by atoms with E-state index in [2.05, 4.69) is 26.3 Å². The summed E-state index contributed by atoms with van der Waals surface area (Å²) < 4.78 is 12.7. The first kappa shape index (κ1) is 24.2. The van der Waals surface area contributed by atoms with Crippen LogP contribution in [-0.2, 0) is 13.7 Å². The molecule has 0 saturated carbocycles. The number of carbonyl (C=O) groups is 1. The van der Waals surface area contributed by atoms with Crippen LogP contribution in [0.4, 0.5) is 5.69 Å². The van der Waals surface area contributed by atoms with Crippen LogP contribution in [0.15, 0.2) is 24.5 Å². The fraction of sp³-hybridized carbons (Fsp3) is 0.474. The molecule has 0 bridgehead atoms. The third-order valence-electron chi connectivity index (χ3n) is 4.55. The standard InChI is InChI=1S/C19H24N6O3S.H2S/c1-13-11-25(12-16(28-13)19(26)23-8-9-24(2)29-27-3)15-5-4-14(10-20)17-18(15)22-7-6-21-17;/h4-7,13,16H,8-9,11-12H2,1-3H3,(H,23,26);1H2/t13-,16-;/m1./s1. The zero-order valence-corrected chi connectivity index (χ0v) is 19.0. The number of fused-ring (bicyclic) bond motifs is 1. The Labute approximate surface area is 187 Å². The van der Waals surface area contributed by atoms with E-state index in [1.807, 2.05) is 24.3 Å². The Kier molecular flexibility index (Phi) is 9.13. The van der Waals surface area contributed by atoms with Crippen LogP contribution in [0, 0.1) is 11.3 Å². The molecule has 0 spiro atoms. The van der Waals surface area contributed by atoms with Crippen LogP contribution in [0.25, 0.3) is 11.0 Å². The van der Waals surface area contributed by atoms with Crippen molar-refractivity contribution in [1.29, 1.82) is 5.26 Å². The number of rotatable bonds is 7. The second-order valence-electron chi connectivity index (χ2n) is 6.72. The average molecular weight is 451 g/mol. The Balaban J connectivity index is 0.00000320. The van der Waals surface area contributed by atoms with Gasteiger partial charge < -0.3 is 19.1 Å². The maximum absolute atomic E-state index is 12.6. The number of likely N-dealkylation sites (N-methyl/N-ethyl adjacent to an activating group) is 1. The van der Waals surface area contributed by atoms with Crippen LogP contribution in [0.5, 0.6) is 0 Å². The Morgan fingerprint density at radius 1 is 1.40 bits per heavy atom. The maximum atomic E-state index is 12.6. The molecule has 1 amide bonds. The number of benzene rings is 1. The number of anilines is 1. The average Bonchev–Trinajstić information content (AvgIpc) is 2.72. The lowest BCUT2D eigenvalue weighted by molar-refractivity contribution is -0.137. The lowest BCUT2D eigenvalue weighted by Gasteiger charge is -2.37. The second kappa shape index (κ2) is 11.3. The van der Waals surface area contributed by atoms with Gasteiger partial charge >= 0.3 is 0 Å². The Morgan fingerprint density at radius 3 is 2.83 bits per heavy atom. The normalized spacial score (nSPS) is 18.7. The van der Waals surface area contributed by atoms with E-state index in [1.165, 1.54) is 12.2 Å². The topological polar surface area (TPSA) is 104 Å². The van der Waals surface area contributed by atoms with Crippen LogP contribution in [0.1, 0.15) is 12.5 Å². The van der Waals surface area contributed by atoms with Gasteiger partial charge in [-0.25, -0.2) is 4.31 Å². The molecule has 1 aliphatic heterocycles. The summed E-state index contributed by atoms with van der Waals surface area (Å²) in [5, 5.41) is 12.2. The zero-order chi connectivity index (χ0) is 20.8. The Hall–Kier alpha value is -2.10. The number of carbonyl (C=O) groups excluding carboxylic acids is 1. The van der Waals surface area contributed by atoms with Crippen molar-refractivity contribution in [3.63, 3.8) is 0 Å². The van der Waals surface area contributed by atoms with Crippen molar-refractivity contribution in [2.45, 2.75) is 19.1 Å². The number of ether oxygens (including phenoxy) is 1. The maximum Gasteiger partial charge on any atom is 0.251 e. The van der Waals surface area contributed by atoms with Gasteiger partial charge in [-0.15, -0.1) is 0 Å². The van der Waals surface area contributed by atoms with Gasteiger partial charge in [-0.3, -0.25) is 14.8 Å². The molecule has 2 aromatic rings. The van der Waals surface area contributed by atoms with E-state index in [0.29, 0.717) is 42.8 Å². The van der Waals surface area contributed by atoms with E-state index < -0.39 is 6.10 Å². The van der Waals surface area contributed by atoms with E-state index in [0.717, 1.165) is 5.69 Å². The number of aromatic nitrogens is 2. The van der Waals surface area contributed by atoms with E-state index in [4.69, 9.17) is 8.92 Å². The first-order valence-corrected chi connectivity index (χ1v) is 9.97. The number of nitrogens with zero attached hydrogens (tertiary/aromatic N) is 5. The van der Waals surface area contributed by atoms with Crippen molar-refractivity contribution < 1.29 is 13.7 Å². The molecule has 1 saturated heterocycles. The van der Waals surface area contributed by atoms with Crippen LogP contribution in [-0.4, -0.2) is 72.7 Å². The summed E-state index contributed by atoms with van der Waals surface area (Å²) in [6.45, 7) is 4.09. The first-order chi connectivity index (χ1) is 14.0. The van der Waals surface area contributed by atoms with Crippen LogP contribution in [0.3, 0.4) is 0 Å². The fourth-order valence-corrected chi connectivity index (χ4v) is 3.72. The largest absolute Gasteiger partial charge is 0.364 e. The van der Waals surface area contributed by atoms with Crippen LogP contribution < -0.4 is 10.2 Å². The van der Waals surface area contributed by atoms with E-state index >= 15 is 0 Å². The number of morpholine rings is 1. The van der Waals surface area contributed by atoms with Crippen LogP contribution in [0.2, 0.25) is 0 Å². The van der Waals surface area contributed by atoms with E-state index in [-0.39, 0.29) is 25.5 Å². The van der Waals surface area contributed by atoms with Gasteiger partial charge in [0.1, 0.15) is 17.1 Å². The highest BCUT2D eigenvalue weighted by Gasteiger charge is 2.31. The van der Waals surface area contributed by atoms with Crippen molar-refractivity contribution in [1.82, 2.24) is 19.6 Å². The lowest BCUT2D eigenvalue weighted by atomic mass is 10.1. The lowest BCUT2D eigenvalue weighted by Crippen LogP contribution is -2.53. The monoisotopic (exact) mass is 450 g/mol. The summed E-state index contributed by atoms with van der Waals surface area (Å²) in [5.41, 5.74) is 2.53. The molecule has 1 aromatic carbocycles. The highest BCUT2D eigenvalue weighted by Crippen LogP contribution is 2.28. The quantitative estimate of drug-likeness (QED) is 0.496. The van der Waals surface area contributed by atoms with Crippen molar-refractivity contribution in [3.05, 3.63) is 30.1 Å². The molecule has 30 heavy (non-hydrogen) atoms. The number of nitrogens with one attached hydrogen (secondary N) is 1. The van der Waals surface area contributed by atoms with E-state index in [9.17, 15) is 10.1 Å². The molecule has 2 atom stereocenters. The Morgan fingerprint density at radius 2 is 2.13 bits per heavy atom. The highest BCUT2D eigenvalue weighted by atomic mass is 32.2. The molecule has 0 aliphatic carbocycles. The minimum absolute atomic E-state index is 0. The van der Waals surface area contributed by atoms with Gasteiger partial charge in [0, 0.05) is 32.0 Å². The SMILES string of the molecule is COSN(C)CCNC(=O)[C@H]1CN(c2ccc(C#N)c3nccnc23)C[C@@H](C)O1.S. The molecule has 1 aromatic heterocycles. The first-order valence-electron chi connectivity index (χ1n) is 9.27.